The summed E-state index contributed by atoms with van der Waals surface area (Å²) in [6, 6.07) is 0. The molecule has 0 radical (unpaired) electrons. The van der Waals surface area contributed by atoms with Gasteiger partial charge in [0.15, 0.2) is 4.77 Å². The van der Waals surface area contributed by atoms with Crippen molar-refractivity contribution in [3.05, 3.63) is 10.6 Å². The van der Waals surface area contributed by atoms with Crippen molar-refractivity contribution >= 4 is 12.2 Å². The minimum absolute atomic E-state index is 0.297. The van der Waals surface area contributed by atoms with Crippen LogP contribution >= 0.6 is 12.2 Å². The lowest BCUT2D eigenvalue weighted by Gasteiger charge is -2.23. The van der Waals surface area contributed by atoms with Crippen LogP contribution in [0.2, 0.25) is 0 Å². The molecule has 1 aromatic rings. The molecule has 84 valence electrons. The highest BCUT2D eigenvalue weighted by atomic mass is 32.1. The summed E-state index contributed by atoms with van der Waals surface area (Å²) in [6.45, 7) is 7.75. The molecular formula is C11H19N3S. The maximum absolute atomic E-state index is 5.28. The van der Waals surface area contributed by atoms with Gasteiger partial charge >= 0.3 is 0 Å². The lowest BCUT2D eigenvalue weighted by atomic mass is 9.90. The SMILES string of the molecule is CCC(C)(C)Cn1c(C2CC2)n[nH]c1=S. The molecule has 4 heteroatoms. The first-order chi connectivity index (χ1) is 7.03. The smallest absolute Gasteiger partial charge is 0.195 e. The van der Waals surface area contributed by atoms with Gasteiger partial charge in [0.1, 0.15) is 5.82 Å². The zero-order valence-corrected chi connectivity index (χ0v) is 10.5. The van der Waals surface area contributed by atoms with Crippen LogP contribution in [0.25, 0.3) is 0 Å². The number of hydrogen-bond donors (Lipinski definition) is 1. The molecule has 1 aliphatic carbocycles. The van der Waals surface area contributed by atoms with Crippen LogP contribution in [0, 0.1) is 10.2 Å². The fourth-order valence-corrected chi connectivity index (χ4v) is 1.88. The Labute approximate surface area is 95.9 Å². The first kappa shape index (κ1) is 10.9. The van der Waals surface area contributed by atoms with Crippen LogP contribution in [0.15, 0.2) is 0 Å². The van der Waals surface area contributed by atoms with Gasteiger partial charge in [0.2, 0.25) is 0 Å². The lowest BCUT2D eigenvalue weighted by molar-refractivity contribution is 0.288. The quantitative estimate of drug-likeness (QED) is 0.798. The molecule has 2 rings (SSSR count). The molecule has 3 nitrogen and oxygen atoms in total. The lowest BCUT2D eigenvalue weighted by Crippen LogP contribution is -2.20. The van der Waals surface area contributed by atoms with Crippen molar-refractivity contribution in [2.75, 3.05) is 0 Å². The number of rotatable bonds is 4. The molecule has 0 saturated heterocycles. The molecule has 15 heavy (non-hydrogen) atoms. The summed E-state index contributed by atoms with van der Waals surface area (Å²) in [7, 11) is 0. The summed E-state index contributed by atoms with van der Waals surface area (Å²) in [5, 5.41) is 7.26. The first-order valence-corrected chi connectivity index (χ1v) is 6.09. The molecule has 0 bridgehead atoms. The molecule has 0 unspecified atom stereocenters. The van der Waals surface area contributed by atoms with E-state index in [9.17, 15) is 0 Å². The van der Waals surface area contributed by atoms with Crippen LogP contribution in [0.1, 0.15) is 51.8 Å². The standard InChI is InChI=1S/C11H19N3S/c1-4-11(2,3)7-14-9(8-5-6-8)12-13-10(14)15/h8H,4-7H2,1-3H3,(H,13,15). The van der Waals surface area contributed by atoms with E-state index in [1.807, 2.05) is 0 Å². The van der Waals surface area contributed by atoms with Crippen molar-refractivity contribution in [2.45, 2.75) is 52.5 Å². The van der Waals surface area contributed by atoms with Crippen LogP contribution in [0.5, 0.6) is 0 Å². The summed E-state index contributed by atoms with van der Waals surface area (Å²) >= 11 is 5.28. The number of nitrogens with zero attached hydrogens (tertiary/aromatic N) is 2. The Balaban J connectivity index is 2.26. The normalized spacial score (nSPS) is 17.0. The molecule has 0 aliphatic heterocycles. The molecule has 0 atom stereocenters. The average Bonchev–Trinajstić information content (AvgIpc) is 2.95. The zero-order chi connectivity index (χ0) is 11.1. The molecule has 1 saturated carbocycles. The summed E-state index contributed by atoms with van der Waals surface area (Å²) in [5.74, 6) is 1.83. The van der Waals surface area contributed by atoms with E-state index in [1.165, 1.54) is 18.7 Å². The van der Waals surface area contributed by atoms with E-state index < -0.39 is 0 Å². The molecule has 1 N–H and O–H groups in total. The molecule has 1 aliphatic rings. The highest BCUT2D eigenvalue weighted by Crippen LogP contribution is 2.39. The van der Waals surface area contributed by atoms with Gasteiger partial charge in [-0.3, -0.25) is 5.10 Å². The minimum Gasteiger partial charge on any atom is -0.303 e. The van der Waals surface area contributed by atoms with E-state index in [2.05, 4.69) is 35.5 Å². The number of aromatic nitrogens is 3. The Morgan fingerprint density at radius 3 is 2.73 bits per heavy atom. The molecule has 1 aromatic heterocycles. The second-order valence-electron chi connectivity index (χ2n) is 5.27. The van der Waals surface area contributed by atoms with Crippen molar-refractivity contribution in [2.24, 2.45) is 5.41 Å². The van der Waals surface area contributed by atoms with Gasteiger partial charge < -0.3 is 4.57 Å². The van der Waals surface area contributed by atoms with E-state index in [0.717, 1.165) is 17.7 Å². The maximum atomic E-state index is 5.28. The zero-order valence-electron chi connectivity index (χ0n) is 9.71. The number of nitrogens with one attached hydrogen (secondary N) is 1. The van der Waals surface area contributed by atoms with Gasteiger partial charge in [0, 0.05) is 12.5 Å². The summed E-state index contributed by atoms with van der Waals surface area (Å²) in [4.78, 5) is 0. The molecule has 0 spiro atoms. The third kappa shape index (κ3) is 2.30. The second kappa shape index (κ2) is 3.74. The van der Waals surface area contributed by atoms with Crippen LogP contribution in [-0.2, 0) is 6.54 Å². The molecule has 1 fully saturated rings. The Kier molecular flexibility index (Phi) is 2.71. The Morgan fingerprint density at radius 1 is 1.53 bits per heavy atom. The third-order valence-electron chi connectivity index (χ3n) is 3.27. The van der Waals surface area contributed by atoms with Gasteiger partial charge in [-0.1, -0.05) is 20.8 Å². The van der Waals surface area contributed by atoms with Gasteiger partial charge in [-0.25, -0.2) is 0 Å². The van der Waals surface area contributed by atoms with E-state index >= 15 is 0 Å². The van der Waals surface area contributed by atoms with Crippen LogP contribution in [-0.4, -0.2) is 14.8 Å². The maximum Gasteiger partial charge on any atom is 0.195 e. The average molecular weight is 225 g/mol. The van der Waals surface area contributed by atoms with Crippen molar-refractivity contribution < 1.29 is 0 Å². The summed E-state index contributed by atoms with van der Waals surface area (Å²) in [6.07, 6.45) is 3.70. The highest BCUT2D eigenvalue weighted by molar-refractivity contribution is 7.71. The third-order valence-corrected chi connectivity index (χ3v) is 3.59. The predicted molar refractivity (Wildman–Crippen MR) is 63.5 cm³/mol. The number of hydrogen-bond acceptors (Lipinski definition) is 2. The highest BCUT2D eigenvalue weighted by Gasteiger charge is 2.30. The van der Waals surface area contributed by atoms with Crippen molar-refractivity contribution in [3.8, 4) is 0 Å². The Hall–Kier alpha value is -0.640. The van der Waals surface area contributed by atoms with E-state index in [-0.39, 0.29) is 0 Å². The molecular weight excluding hydrogens is 206 g/mol. The van der Waals surface area contributed by atoms with Crippen LogP contribution < -0.4 is 0 Å². The predicted octanol–water partition coefficient (Wildman–Crippen LogP) is 3.25. The van der Waals surface area contributed by atoms with Gasteiger partial charge in [-0.15, -0.1) is 0 Å². The molecule has 1 heterocycles. The largest absolute Gasteiger partial charge is 0.303 e. The van der Waals surface area contributed by atoms with E-state index in [0.29, 0.717) is 11.3 Å². The Morgan fingerprint density at radius 2 is 2.20 bits per heavy atom. The fraction of sp³-hybridized carbons (Fsp3) is 0.818. The van der Waals surface area contributed by atoms with Gasteiger partial charge in [0.25, 0.3) is 0 Å². The number of aromatic amines is 1. The number of H-pyrrole nitrogens is 1. The second-order valence-corrected chi connectivity index (χ2v) is 5.65. The van der Waals surface area contributed by atoms with Crippen molar-refractivity contribution in [1.29, 1.82) is 0 Å². The van der Waals surface area contributed by atoms with Gasteiger partial charge in [-0.05, 0) is 36.9 Å². The molecule has 0 amide bonds. The molecule has 0 aromatic carbocycles. The van der Waals surface area contributed by atoms with Crippen molar-refractivity contribution in [1.82, 2.24) is 14.8 Å². The van der Waals surface area contributed by atoms with Crippen molar-refractivity contribution in [3.63, 3.8) is 0 Å². The van der Waals surface area contributed by atoms with E-state index in [1.54, 1.807) is 0 Å². The monoisotopic (exact) mass is 225 g/mol. The Bertz CT molecular complexity index is 398. The van der Waals surface area contributed by atoms with Gasteiger partial charge in [-0.2, -0.15) is 5.10 Å². The van der Waals surface area contributed by atoms with Crippen LogP contribution in [0.3, 0.4) is 0 Å². The summed E-state index contributed by atoms with van der Waals surface area (Å²) < 4.78 is 2.97. The summed E-state index contributed by atoms with van der Waals surface area (Å²) in [5.41, 5.74) is 0.297. The van der Waals surface area contributed by atoms with Crippen LogP contribution in [0.4, 0.5) is 0 Å². The minimum atomic E-state index is 0.297. The van der Waals surface area contributed by atoms with E-state index in [4.69, 9.17) is 12.2 Å². The first-order valence-electron chi connectivity index (χ1n) is 5.68. The fourth-order valence-electron chi connectivity index (χ4n) is 1.68. The topological polar surface area (TPSA) is 33.6 Å². The van der Waals surface area contributed by atoms with Gasteiger partial charge in [0.05, 0.1) is 0 Å².